The molecule has 0 fully saturated rings. The van der Waals surface area contributed by atoms with Crippen LogP contribution in [0.4, 0.5) is 0 Å². The van der Waals surface area contributed by atoms with Crippen LogP contribution >= 0.6 is 0 Å². The van der Waals surface area contributed by atoms with E-state index in [9.17, 15) is 0 Å². The first-order valence-corrected chi connectivity index (χ1v) is 6.75. The Bertz CT molecular complexity index is 523. The van der Waals surface area contributed by atoms with Gasteiger partial charge in [-0.3, -0.25) is 0 Å². The van der Waals surface area contributed by atoms with Gasteiger partial charge in [-0.15, -0.1) is 0 Å². The molecule has 0 unspecified atom stereocenters. The summed E-state index contributed by atoms with van der Waals surface area (Å²) >= 11 is 0. The molecule has 2 rings (SSSR count). The Morgan fingerprint density at radius 2 is 1.60 bits per heavy atom. The fourth-order valence-corrected chi connectivity index (χ4v) is 1.84. The van der Waals surface area contributed by atoms with Gasteiger partial charge in [0.05, 0.1) is 20.3 Å². The van der Waals surface area contributed by atoms with E-state index in [0.29, 0.717) is 13.2 Å². The number of benzene rings is 2. The lowest BCUT2D eigenvalue weighted by Crippen LogP contribution is -2.05. The Balaban J connectivity index is 1.73. The summed E-state index contributed by atoms with van der Waals surface area (Å²) in [4.78, 5) is 0. The summed E-state index contributed by atoms with van der Waals surface area (Å²) in [6, 6.07) is 15.7. The van der Waals surface area contributed by atoms with Crippen molar-refractivity contribution in [1.82, 2.24) is 0 Å². The van der Waals surface area contributed by atoms with E-state index < -0.39 is 0 Å². The van der Waals surface area contributed by atoms with Crippen molar-refractivity contribution in [2.24, 2.45) is 0 Å². The normalized spacial score (nSPS) is 10.1. The number of aryl methyl sites for hydroxylation is 1. The van der Waals surface area contributed by atoms with Gasteiger partial charge in [0.15, 0.2) is 11.5 Å². The summed E-state index contributed by atoms with van der Waals surface area (Å²) in [5.41, 5.74) is 1.15. The van der Waals surface area contributed by atoms with E-state index in [1.807, 2.05) is 55.5 Å². The Morgan fingerprint density at radius 1 is 0.850 bits per heavy atom. The topological polar surface area (TPSA) is 27.7 Å². The third-order valence-electron chi connectivity index (χ3n) is 2.88. The van der Waals surface area contributed by atoms with Gasteiger partial charge in [0.2, 0.25) is 0 Å². The average Bonchev–Trinajstić information content (AvgIpc) is 2.49. The smallest absolute Gasteiger partial charge is 0.161 e. The molecule has 3 nitrogen and oxygen atoms in total. The highest BCUT2D eigenvalue weighted by molar-refractivity contribution is 5.42. The van der Waals surface area contributed by atoms with Crippen molar-refractivity contribution < 1.29 is 14.2 Å². The van der Waals surface area contributed by atoms with Crippen LogP contribution < -0.4 is 14.2 Å². The number of hydrogen-bond donors (Lipinski definition) is 0. The van der Waals surface area contributed by atoms with Gasteiger partial charge in [0.25, 0.3) is 0 Å². The van der Waals surface area contributed by atoms with Gasteiger partial charge in [-0.25, -0.2) is 0 Å². The van der Waals surface area contributed by atoms with Crippen molar-refractivity contribution in [3.05, 3.63) is 54.1 Å². The molecule has 20 heavy (non-hydrogen) atoms. The second kappa shape index (κ2) is 7.43. The van der Waals surface area contributed by atoms with Crippen LogP contribution in [0.15, 0.2) is 48.5 Å². The van der Waals surface area contributed by atoms with Crippen LogP contribution in [0, 0.1) is 6.92 Å². The lowest BCUT2D eigenvalue weighted by molar-refractivity contribution is 0.240. The van der Waals surface area contributed by atoms with Crippen LogP contribution in [0.1, 0.15) is 12.0 Å². The monoisotopic (exact) mass is 272 g/mol. The van der Waals surface area contributed by atoms with E-state index in [1.165, 1.54) is 0 Å². The van der Waals surface area contributed by atoms with Crippen molar-refractivity contribution in [2.75, 3.05) is 20.3 Å². The maximum absolute atomic E-state index is 5.72. The van der Waals surface area contributed by atoms with Crippen LogP contribution in [0.2, 0.25) is 0 Å². The number of rotatable bonds is 7. The molecule has 0 amide bonds. The van der Waals surface area contributed by atoms with Crippen LogP contribution in [0.3, 0.4) is 0 Å². The number of ether oxygens (including phenoxy) is 3. The van der Waals surface area contributed by atoms with Gasteiger partial charge in [0.1, 0.15) is 5.75 Å². The molecule has 0 heterocycles. The van der Waals surface area contributed by atoms with Gasteiger partial charge in [0, 0.05) is 6.42 Å². The van der Waals surface area contributed by atoms with Crippen LogP contribution in [-0.4, -0.2) is 20.3 Å². The molecule has 0 saturated carbocycles. The lowest BCUT2D eigenvalue weighted by atomic mass is 10.2. The largest absolute Gasteiger partial charge is 0.493 e. The molecule has 0 bridgehead atoms. The molecule has 2 aromatic carbocycles. The minimum Gasteiger partial charge on any atom is -0.493 e. The molecule has 0 radical (unpaired) electrons. The van der Waals surface area contributed by atoms with Gasteiger partial charge in [-0.2, -0.15) is 0 Å². The van der Waals surface area contributed by atoms with E-state index in [-0.39, 0.29) is 0 Å². The molecule has 0 aliphatic carbocycles. The predicted octanol–water partition coefficient (Wildman–Crippen LogP) is 3.85. The third-order valence-corrected chi connectivity index (χ3v) is 2.88. The molecule has 0 N–H and O–H groups in total. The highest BCUT2D eigenvalue weighted by Crippen LogP contribution is 2.27. The van der Waals surface area contributed by atoms with E-state index in [2.05, 4.69) is 0 Å². The first kappa shape index (κ1) is 14.3. The van der Waals surface area contributed by atoms with Gasteiger partial charge in [-0.1, -0.05) is 24.3 Å². The standard InChI is InChI=1S/C17H20O3/c1-14-9-10-16(17(13-14)18-2)20-12-6-11-19-15-7-4-3-5-8-15/h3-5,7-10,13H,6,11-12H2,1-2H3. The lowest BCUT2D eigenvalue weighted by Gasteiger charge is -2.11. The van der Waals surface area contributed by atoms with Crippen LogP contribution in [0.5, 0.6) is 17.2 Å². The summed E-state index contributed by atoms with van der Waals surface area (Å²) in [5.74, 6) is 2.44. The zero-order chi connectivity index (χ0) is 14.2. The van der Waals surface area contributed by atoms with Crippen molar-refractivity contribution in [3.8, 4) is 17.2 Å². The van der Waals surface area contributed by atoms with E-state index >= 15 is 0 Å². The molecule has 0 aliphatic heterocycles. The van der Waals surface area contributed by atoms with Crippen molar-refractivity contribution in [1.29, 1.82) is 0 Å². The summed E-state index contributed by atoms with van der Waals surface area (Å²) in [5, 5.41) is 0. The quantitative estimate of drug-likeness (QED) is 0.716. The summed E-state index contributed by atoms with van der Waals surface area (Å²) in [6.07, 6.45) is 0.825. The second-order valence-corrected chi connectivity index (χ2v) is 4.52. The van der Waals surface area contributed by atoms with Crippen molar-refractivity contribution >= 4 is 0 Å². The average molecular weight is 272 g/mol. The predicted molar refractivity (Wildman–Crippen MR) is 79.8 cm³/mol. The number of para-hydroxylation sites is 1. The van der Waals surface area contributed by atoms with E-state index in [0.717, 1.165) is 29.2 Å². The zero-order valence-corrected chi connectivity index (χ0v) is 12.0. The second-order valence-electron chi connectivity index (χ2n) is 4.52. The Hall–Kier alpha value is -2.16. The maximum atomic E-state index is 5.72. The van der Waals surface area contributed by atoms with E-state index in [4.69, 9.17) is 14.2 Å². The first-order valence-electron chi connectivity index (χ1n) is 6.75. The highest BCUT2D eigenvalue weighted by atomic mass is 16.5. The third kappa shape index (κ3) is 4.19. The molecule has 3 heteroatoms. The van der Waals surface area contributed by atoms with Crippen LogP contribution in [0.25, 0.3) is 0 Å². The van der Waals surface area contributed by atoms with Crippen molar-refractivity contribution in [3.63, 3.8) is 0 Å². The molecule has 2 aromatic rings. The summed E-state index contributed by atoms with van der Waals surface area (Å²) in [7, 11) is 1.65. The summed E-state index contributed by atoms with van der Waals surface area (Å²) < 4.78 is 16.6. The minimum absolute atomic E-state index is 0.603. The molecule has 0 spiro atoms. The molecule has 106 valence electrons. The van der Waals surface area contributed by atoms with Gasteiger partial charge in [-0.05, 0) is 36.8 Å². The molecule has 0 aliphatic rings. The number of hydrogen-bond acceptors (Lipinski definition) is 3. The molecular formula is C17H20O3. The Morgan fingerprint density at radius 3 is 2.35 bits per heavy atom. The minimum atomic E-state index is 0.603. The molecule has 0 saturated heterocycles. The maximum Gasteiger partial charge on any atom is 0.161 e. The number of methoxy groups -OCH3 is 1. The summed E-state index contributed by atoms with van der Waals surface area (Å²) in [6.45, 7) is 3.27. The van der Waals surface area contributed by atoms with E-state index in [1.54, 1.807) is 7.11 Å². The SMILES string of the molecule is COc1cc(C)ccc1OCCCOc1ccccc1. The Labute approximate surface area is 120 Å². The van der Waals surface area contributed by atoms with Crippen LogP contribution in [-0.2, 0) is 0 Å². The molecular weight excluding hydrogens is 252 g/mol. The van der Waals surface area contributed by atoms with Crippen molar-refractivity contribution in [2.45, 2.75) is 13.3 Å². The highest BCUT2D eigenvalue weighted by Gasteiger charge is 2.03. The zero-order valence-electron chi connectivity index (χ0n) is 12.0. The molecule has 0 atom stereocenters. The van der Waals surface area contributed by atoms with Gasteiger partial charge < -0.3 is 14.2 Å². The van der Waals surface area contributed by atoms with Gasteiger partial charge >= 0.3 is 0 Å². The fourth-order valence-electron chi connectivity index (χ4n) is 1.84. The Kier molecular flexibility index (Phi) is 5.30. The first-order chi connectivity index (χ1) is 9.79. The molecule has 0 aromatic heterocycles. The fraction of sp³-hybridized carbons (Fsp3) is 0.294.